The fraction of sp³-hybridized carbons (Fsp3) is 0. The summed E-state index contributed by atoms with van der Waals surface area (Å²) in [6.07, 6.45) is 2.08. The van der Waals surface area contributed by atoms with E-state index in [0.717, 1.165) is 44.6 Å². The van der Waals surface area contributed by atoms with Gasteiger partial charge in [0.15, 0.2) is 0 Å². The van der Waals surface area contributed by atoms with E-state index < -0.39 is 0 Å². The molecular formula is C55H37N3. The Morgan fingerprint density at radius 1 is 0.345 bits per heavy atom. The molecule has 3 heteroatoms. The molecule has 0 unspecified atom stereocenters. The van der Waals surface area contributed by atoms with E-state index in [2.05, 4.69) is 234 Å². The summed E-state index contributed by atoms with van der Waals surface area (Å²) in [6.45, 7) is 0. The molecule has 11 aromatic rings. The van der Waals surface area contributed by atoms with Gasteiger partial charge in [0.25, 0.3) is 0 Å². The molecule has 58 heavy (non-hydrogen) atoms. The average molecular weight is 740 g/mol. The average Bonchev–Trinajstić information content (AvgIpc) is 3.63. The second-order valence-corrected chi connectivity index (χ2v) is 14.8. The zero-order chi connectivity index (χ0) is 38.4. The van der Waals surface area contributed by atoms with Crippen molar-refractivity contribution >= 4 is 60.5 Å². The first-order valence-corrected chi connectivity index (χ1v) is 19.8. The summed E-state index contributed by atoms with van der Waals surface area (Å²) in [5.41, 5.74) is 14.8. The van der Waals surface area contributed by atoms with E-state index in [1.54, 1.807) is 0 Å². The van der Waals surface area contributed by atoms with E-state index in [4.69, 9.17) is 4.98 Å². The van der Waals surface area contributed by atoms with Crippen LogP contribution >= 0.6 is 0 Å². The lowest BCUT2D eigenvalue weighted by atomic mass is 9.92. The minimum absolute atomic E-state index is 0.987. The van der Waals surface area contributed by atoms with Crippen LogP contribution < -0.4 is 4.90 Å². The minimum Gasteiger partial charge on any atom is -0.310 e. The molecule has 0 spiro atoms. The molecule has 0 saturated heterocycles. The minimum atomic E-state index is 0.987. The molecule has 2 heterocycles. The highest BCUT2D eigenvalue weighted by Crippen LogP contribution is 2.46. The molecule has 0 fully saturated rings. The van der Waals surface area contributed by atoms with E-state index in [-0.39, 0.29) is 0 Å². The van der Waals surface area contributed by atoms with E-state index in [0.29, 0.717) is 0 Å². The predicted octanol–water partition coefficient (Wildman–Crippen LogP) is 15.0. The molecule has 0 aliphatic carbocycles. The monoisotopic (exact) mass is 739 g/mol. The van der Waals surface area contributed by atoms with Gasteiger partial charge in [-0.2, -0.15) is 0 Å². The van der Waals surface area contributed by atoms with E-state index >= 15 is 0 Å². The molecule has 2 aromatic heterocycles. The molecule has 11 rings (SSSR count). The first-order chi connectivity index (χ1) is 28.8. The maximum atomic E-state index is 5.05. The molecule has 0 aliphatic heterocycles. The zero-order valence-electron chi connectivity index (χ0n) is 31.7. The van der Waals surface area contributed by atoms with Crippen LogP contribution in [0.4, 0.5) is 17.1 Å². The first-order valence-electron chi connectivity index (χ1n) is 19.8. The maximum absolute atomic E-state index is 5.05. The SMILES string of the molecule is c1ccc(-c2ccc(N(c3ccc(-c4ccccc4)cc3)c3cccc(-c4c5cnc6ccccc6c5cc5c4c4ccccc4n5-c4ccccc4)c3)cc2)cc1. The summed E-state index contributed by atoms with van der Waals surface area (Å²) in [5.74, 6) is 0. The maximum Gasteiger partial charge on any atom is 0.0708 e. The van der Waals surface area contributed by atoms with Gasteiger partial charge in [-0.25, -0.2) is 0 Å². The number of benzene rings is 9. The quantitative estimate of drug-likeness (QED) is 0.152. The number of aromatic nitrogens is 2. The fourth-order valence-corrected chi connectivity index (χ4v) is 8.72. The number of para-hydroxylation sites is 3. The third kappa shape index (κ3) is 5.72. The molecule has 9 aromatic carbocycles. The van der Waals surface area contributed by atoms with Crippen LogP contribution in [0.15, 0.2) is 225 Å². The van der Waals surface area contributed by atoms with Crippen molar-refractivity contribution in [1.29, 1.82) is 0 Å². The summed E-state index contributed by atoms with van der Waals surface area (Å²) in [7, 11) is 0. The third-order valence-electron chi connectivity index (χ3n) is 11.4. The molecular weight excluding hydrogens is 703 g/mol. The normalized spacial score (nSPS) is 11.4. The first kappa shape index (κ1) is 33.6. The number of fused-ring (bicyclic) bond motifs is 6. The van der Waals surface area contributed by atoms with Crippen LogP contribution in [-0.4, -0.2) is 9.55 Å². The van der Waals surface area contributed by atoms with E-state index in [1.807, 2.05) is 0 Å². The van der Waals surface area contributed by atoms with Crippen molar-refractivity contribution < 1.29 is 0 Å². The Labute approximate surface area is 337 Å². The van der Waals surface area contributed by atoms with Gasteiger partial charge in [-0.1, -0.05) is 152 Å². The highest BCUT2D eigenvalue weighted by molar-refractivity contribution is 6.26. The summed E-state index contributed by atoms with van der Waals surface area (Å²) < 4.78 is 2.42. The lowest BCUT2D eigenvalue weighted by molar-refractivity contribution is 1.18. The highest BCUT2D eigenvalue weighted by Gasteiger charge is 2.22. The smallest absolute Gasteiger partial charge is 0.0708 e. The molecule has 272 valence electrons. The Morgan fingerprint density at radius 2 is 0.879 bits per heavy atom. The Bertz CT molecular complexity index is 3160. The molecule has 0 saturated carbocycles. The van der Waals surface area contributed by atoms with Crippen molar-refractivity contribution in [2.45, 2.75) is 0 Å². The molecule has 0 N–H and O–H groups in total. The summed E-state index contributed by atoms with van der Waals surface area (Å²) in [6, 6.07) is 78.4. The molecule has 0 aliphatic rings. The van der Waals surface area contributed by atoms with Crippen molar-refractivity contribution in [1.82, 2.24) is 9.55 Å². The summed E-state index contributed by atoms with van der Waals surface area (Å²) in [5, 5.41) is 5.88. The van der Waals surface area contributed by atoms with Gasteiger partial charge in [0, 0.05) is 56.1 Å². The van der Waals surface area contributed by atoms with Gasteiger partial charge in [0.2, 0.25) is 0 Å². The zero-order valence-corrected chi connectivity index (χ0v) is 31.7. The number of hydrogen-bond donors (Lipinski definition) is 0. The van der Waals surface area contributed by atoms with Crippen LogP contribution in [0.25, 0.3) is 82.5 Å². The number of anilines is 3. The largest absolute Gasteiger partial charge is 0.310 e. The molecule has 0 bridgehead atoms. The van der Waals surface area contributed by atoms with Crippen LogP contribution in [0.2, 0.25) is 0 Å². The second kappa shape index (κ2) is 14.1. The Hall–Kier alpha value is -7.75. The number of hydrogen-bond acceptors (Lipinski definition) is 2. The van der Waals surface area contributed by atoms with Crippen molar-refractivity contribution in [2.24, 2.45) is 0 Å². The van der Waals surface area contributed by atoms with Gasteiger partial charge in [-0.15, -0.1) is 0 Å². The Morgan fingerprint density at radius 3 is 1.53 bits per heavy atom. The van der Waals surface area contributed by atoms with E-state index in [9.17, 15) is 0 Å². The van der Waals surface area contributed by atoms with Crippen LogP contribution in [0.3, 0.4) is 0 Å². The number of nitrogens with zero attached hydrogens (tertiary/aromatic N) is 3. The van der Waals surface area contributed by atoms with Crippen molar-refractivity contribution in [3.8, 4) is 39.1 Å². The number of rotatable bonds is 7. The predicted molar refractivity (Wildman–Crippen MR) is 245 cm³/mol. The van der Waals surface area contributed by atoms with Gasteiger partial charge in [0.05, 0.1) is 16.6 Å². The Balaban J connectivity index is 1.16. The third-order valence-corrected chi connectivity index (χ3v) is 11.4. The molecule has 0 radical (unpaired) electrons. The Kier molecular flexibility index (Phi) is 8.15. The van der Waals surface area contributed by atoms with Crippen LogP contribution in [-0.2, 0) is 0 Å². The van der Waals surface area contributed by atoms with Crippen molar-refractivity contribution in [2.75, 3.05) is 4.90 Å². The lowest BCUT2D eigenvalue weighted by Gasteiger charge is -2.27. The van der Waals surface area contributed by atoms with Gasteiger partial charge in [-0.05, 0) is 99.9 Å². The number of pyridine rings is 1. The van der Waals surface area contributed by atoms with Gasteiger partial charge < -0.3 is 9.47 Å². The van der Waals surface area contributed by atoms with Crippen molar-refractivity contribution in [3.05, 3.63) is 225 Å². The lowest BCUT2D eigenvalue weighted by Crippen LogP contribution is -2.10. The van der Waals surface area contributed by atoms with Crippen LogP contribution in [0, 0.1) is 0 Å². The molecule has 3 nitrogen and oxygen atoms in total. The van der Waals surface area contributed by atoms with Crippen LogP contribution in [0.5, 0.6) is 0 Å². The van der Waals surface area contributed by atoms with Crippen LogP contribution in [0.1, 0.15) is 0 Å². The van der Waals surface area contributed by atoms with Gasteiger partial charge >= 0.3 is 0 Å². The van der Waals surface area contributed by atoms with Gasteiger partial charge in [0.1, 0.15) is 0 Å². The topological polar surface area (TPSA) is 21.1 Å². The van der Waals surface area contributed by atoms with Gasteiger partial charge in [-0.3, -0.25) is 4.98 Å². The summed E-state index contributed by atoms with van der Waals surface area (Å²) >= 11 is 0. The van der Waals surface area contributed by atoms with E-state index in [1.165, 1.54) is 55.0 Å². The second-order valence-electron chi connectivity index (χ2n) is 14.8. The highest BCUT2D eigenvalue weighted by atomic mass is 15.1. The summed E-state index contributed by atoms with van der Waals surface area (Å²) in [4.78, 5) is 7.42. The standard InChI is InChI=1S/C55H37N3/c1-4-15-38(16-5-1)40-27-31-44(32-28-40)57(45-33-29-41(30-34-45)39-17-6-2-7-18-39)46-22-14-19-42(35-46)54-50-37-56-51-25-12-10-23-47(51)49(50)36-53-55(54)48-24-11-13-26-52(48)58(53)43-20-8-3-9-21-43/h1-37H. The van der Waals surface area contributed by atoms with Crippen molar-refractivity contribution in [3.63, 3.8) is 0 Å². The molecule has 0 atom stereocenters. The fourth-order valence-electron chi connectivity index (χ4n) is 8.72. The molecule has 0 amide bonds.